The van der Waals surface area contributed by atoms with E-state index in [-0.39, 0.29) is 11.4 Å². The molecule has 1 aliphatic rings. The molecule has 4 heteroatoms. The van der Waals surface area contributed by atoms with E-state index >= 15 is 0 Å². The van der Waals surface area contributed by atoms with Gasteiger partial charge in [0.2, 0.25) is 5.91 Å². The fraction of sp³-hybridized carbons (Fsp3) is 0.929. The second kappa shape index (κ2) is 6.53. The zero-order valence-electron chi connectivity index (χ0n) is 12.4. The first-order chi connectivity index (χ1) is 8.28. The molecule has 106 valence electrons. The molecule has 1 rings (SSSR count). The molecule has 0 atom stereocenters. The van der Waals surface area contributed by atoms with Crippen LogP contribution in [0.4, 0.5) is 0 Å². The van der Waals surface area contributed by atoms with Gasteiger partial charge in [-0.05, 0) is 53.1 Å². The van der Waals surface area contributed by atoms with E-state index in [4.69, 9.17) is 5.73 Å². The monoisotopic (exact) mass is 255 g/mol. The Bertz CT molecular complexity index is 263. The summed E-state index contributed by atoms with van der Waals surface area (Å²) < 4.78 is 0. The molecule has 18 heavy (non-hydrogen) atoms. The third-order valence-corrected chi connectivity index (χ3v) is 3.57. The first-order valence-corrected chi connectivity index (χ1v) is 6.99. The molecule has 1 aliphatic heterocycles. The van der Waals surface area contributed by atoms with Crippen molar-refractivity contribution in [2.24, 2.45) is 11.7 Å². The van der Waals surface area contributed by atoms with Crippen molar-refractivity contribution >= 4 is 5.91 Å². The van der Waals surface area contributed by atoms with Crippen molar-refractivity contribution in [3.63, 3.8) is 0 Å². The lowest BCUT2D eigenvalue weighted by atomic mass is 9.95. The van der Waals surface area contributed by atoms with Crippen LogP contribution in [0.5, 0.6) is 0 Å². The largest absolute Gasteiger partial charge is 0.343 e. The maximum absolute atomic E-state index is 12.0. The molecule has 0 aromatic rings. The van der Waals surface area contributed by atoms with Gasteiger partial charge in [0.05, 0.1) is 0 Å². The van der Waals surface area contributed by atoms with E-state index in [9.17, 15) is 4.79 Å². The summed E-state index contributed by atoms with van der Waals surface area (Å²) in [5.74, 6) is 1.02. The number of nitrogens with two attached hydrogens (primary N) is 1. The Morgan fingerprint density at radius 1 is 1.33 bits per heavy atom. The molecule has 0 unspecified atom stereocenters. The quantitative estimate of drug-likeness (QED) is 0.805. The molecular weight excluding hydrogens is 226 g/mol. The zero-order valence-corrected chi connectivity index (χ0v) is 12.4. The molecule has 0 saturated carbocycles. The van der Waals surface area contributed by atoms with Gasteiger partial charge in [-0.15, -0.1) is 0 Å². The molecule has 1 fully saturated rings. The van der Waals surface area contributed by atoms with Crippen molar-refractivity contribution in [2.45, 2.75) is 45.1 Å². The lowest BCUT2D eigenvalue weighted by molar-refractivity contribution is -0.133. The minimum absolute atomic E-state index is 0.237. The summed E-state index contributed by atoms with van der Waals surface area (Å²) in [4.78, 5) is 16.3. The summed E-state index contributed by atoms with van der Waals surface area (Å²) in [6.07, 6.45) is 3.62. The highest BCUT2D eigenvalue weighted by molar-refractivity contribution is 5.76. The molecule has 1 amide bonds. The Morgan fingerprint density at radius 3 is 2.33 bits per heavy atom. The second-order valence-electron chi connectivity index (χ2n) is 6.57. The number of nitrogens with zero attached hydrogens (tertiary/aromatic N) is 2. The molecule has 4 nitrogen and oxygen atoms in total. The summed E-state index contributed by atoms with van der Waals surface area (Å²) in [7, 11) is 4.22. The number of likely N-dealkylation sites (tertiary alicyclic amines) is 1. The molecule has 0 spiro atoms. The van der Waals surface area contributed by atoms with Gasteiger partial charge < -0.3 is 15.5 Å². The number of carbonyl (C=O) groups excluding carboxylic acids is 1. The lowest BCUT2D eigenvalue weighted by Crippen LogP contribution is -2.42. The third kappa shape index (κ3) is 5.83. The predicted molar refractivity (Wildman–Crippen MR) is 75.4 cm³/mol. The molecule has 2 N–H and O–H groups in total. The fourth-order valence-electron chi connectivity index (χ4n) is 2.47. The normalized spacial score (nSPS) is 18.4. The van der Waals surface area contributed by atoms with Crippen LogP contribution >= 0.6 is 0 Å². The summed E-state index contributed by atoms with van der Waals surface area (Å²) >= 11 is 0. The van der Waals surface area contributed by atoms with Crippen LogP contribution < -0.4 is 5.73 Å². The number of hydrogen-bond donors (Lipinski definition) is 1. The Labute approximate surface area is 111 Å². The first-order valence-electron chi connectivity index (χ1n) is 6.99. The number of amides is 1. The van der Waals surface area contributed by atoms with Gasteiger partial charge in [0.1, 0.15) is 0 Å². The highest BCUT2D eigenvalue weighted by Gasteiger charge is 2.24. The fourth-order valence-corrected chi connectivity index (χ4v) is 2.47. The molecule has 0 radical (unpaired) electrons. The van der Waals surface area contributed by atoms with Gasteiger partial charge in [0.25, 0.3) is 0 Å². The second-order valence-corrected chi connectivity index (χ2v) is 6.57. The van der Waals surface area contributed by atoms with Crippen LogP contribution in [-0.4, -0.2) is 55.0 Å². The highest BCUT2D eigenvalue weighted by Crippen LogP contribution is 2.19. The van der Waals surface area contributed by atoms with Gasteiger partial charge in [0, 0.05) is 31.6 Å². The van der Waals surface area contributed by atoms with Gasteiger partial charge in [-0.25, -0.2) is 0 Å². The predicted octanol–water partition coefficient (Wildman–Crippen LogP) is 1.30. The smallest absolute Gasteiger partial charge is 0.222 e. The Morgan fingerprint density at radius 2 is 1.89 bits per heavy atom. The van der Waals surface area contributed by atoms with E-state index in [2.05, 4.69) is 19.0 Å². The number of hydrogen-bond acceptors (Lipinski definition) is 3. The van der Waals surface area contributed by atoms with Crippen LogP contribution in [0.3, 0.4) is 0 Å². The number of rotatable bonds is 5. The Balaban J connectivity index is 2.27. The van der Waals surface area contributed by atoms with Gasteiger partial charge in [-0.3, -0.25) is 4.79 Å². The first kappa shape index (κ1) is 15.4. The topological polar surface area (TPSA) is 49.6 Å². The third-order valence-electron chi connectivity index (χ3n) is 3.57. The summed E-state index contributed by atoms with van der Waals surface area (Å²) in [6, 6.07) is 0. The summed E-state index contributed by atoms with van der Waals surface area (Å²) in [5, 5.41) is 0. The molecule has 0 aromatic carbocycles. The van der Waals surface area contributed by atoms with Crippen LogP contribution in [0.15, 0.2) is 0 Å². The van der Waals surface area contributed by atoms with Crippen molar-refractivity contribution in [1.82, 2.24) is 9.80 Å². The van der Waals surface area contributed by atoms with Gasteiger partial charge >= 0.3 is 0 Å². The molecule has 0 aromatic heterocycles. The Hall–Kier alpha value is -0.610. The molecule has 0 bridgehead atoms. The minimum atomic E-state index is -0.237. The van der Waals surface area contributed by atoms with Crippen molar-refractivity contribution in [3.8, 4) is 0 Å². The average molecular weight is 255 g/mol. The summed E-state index contributed by atoms with van der Waals surface area (Å²) in [6.45, 7) is 6.93. The summed E-state index contributed by atoms with van der Waals surface area (Å²) in [5.41, 5.74) is 5.68. The minimum Gasteiger partial charge on any atom is -0.343 e. The van der Waals surface area contributed by atoms with Crippen molar-refractivity contribution in [2.75, 3.05) is 33.7 Å². The van der Waals surface area contributed by atoms with Crippen LogP contribution in [0.1, 0.15) is 39.5 Å². The average Bonchev–Trinajstić information content (AvgIpc) is 2.25. The lowest BCUT2D eigenvalue weighted by Gasteiger charge is -2.33. The van der Waals surface area contributed by atoms with Crippen LogP contribution in [0.25, 0.3) is 0 Å². The van der Waals surface area contributed by atoms with E-state index in [1.807, 2.05) is 18.7 Å². The van der Waals surface area contributed by atoms with Gasteiger partial charge in [-0.2, -0.15) is 0 Å². The Kier molecular flexibility index (Phi) is 5.60. The standard InChI is InChI=1S/C14H29N3O/c1-14(2,15)8-5-13(18)17-9-6-12(7-10-17)11-16(3)4/h12H,5-11,15H2,1-4H3. The van der Waals surface area contributed by atoms with Crippen LogP contribution in [0.2, 0.25) is 0 Å². The van der Waals surface area contributed by atoms with Gasteiger partial charge in [0.15, 0.2) is 0 Å². The highest BCUT2D eigenvalue weighted by atomic mass is 16.2. The van der Waals surface area contributed by atoms with E-state index < -0.39 is 0 Å². The van der Waals surface area contributed by atoms with E-state index in [1.54, 1.807) is 0 Å². The number of carbonyl (C=O) groups is 1. The SMILES string of the molecule is CN(C)CC1CCN(C(=O)CCC(C)(C)N)CC1. The maximum atomic E-state index is 12.0. The van der Waals surface area contributed by atoms with E-state index in [0.717, 1.165) is 44.8 Å². The van der Waals surface area contributed by atoms with Crippen molar-refractivity contribution < 1.29 is 4.79 Å². The van der Waals surface area contributed by atoms with Crippen LogP contribution in [-0.2, 0) is 4.79 Å². The number of piperidine rings is 1. The van der Waals surface area contributed by atoms with Gasteiger partial charge in [-0.1, -0.05) is 0 Å². The molecule has 1 saturated heterocycles. The molecular formula is C14H29N3O. The maximum Gasteiger partial charge on any atom is 0.222 e. The molecule has 1 heterocycles. The van der Waals surface area contributed by atoms with E-state index in [0.29, 0.717) is 6.42 Å². The van der Waals surface area contributed by atoms with Crippen molar-refractivity contribution in [1.29, 1.82) is 0 Å². The van der Waals surface area contributed by atoms with Crippen LogP contribution in [0, 0.1) is 5.92 Å². The van der Waals surface area contributed by atoms with E-state index in [1.165, 1.54) is 0 Å². The molecule has 0 aliphatic carbocycles. The zero-order chi connectivity index (χ0) is 13.8. The van der Waals surface area contributed by atoms with Crippen molar-refractivity contribution in [3.05, 3.63) is 0 Å².